The fourth-order valence-electron chi connectivity index (χ4n) is 3.85. The highest BCUT2D eigenvalue weighted by Crippen LogP contribution is 2.35. The highest BCUT2D eigenvalue weighted by molar-refractivity contribution is 7.99. The standard InChI is InChI=1S/C25H53O5PS/c1-4-6-8-10-11-12-13-14-16-18-23-32-25(20-17-15-9-7-5-2)24(3)29-21-19-22-30-31(26,27)28/h24-25H,4-23H2,1-3H3,(H2,26,27,28)/t24-,25?/m0/s1. The van der Waals surface area contributed by atoms with Crippen molar-refractivity contribution in [3.8, 4) is 0 Å². The van der Waals surface area contributed by atoms with Crippen LogP contribution in [0.1, 0.15) is 130 Å². The first-order chi connectivity index (χ1) is 15.4. The normalized spacial score (nSPS) is 14.0. The quantitative estimate of drug-likeness (QED) is 0.0978. The molecule has 7 heteroatoms. The van der Waals surface area contributed by atoms with E-state index in [1.165, 1.54) is 108 Å². The number of thioether (sulfide) groups is 1. The van der Waals surface area contributed by atoms with Gasteiger partial charge >= 0.3 is 7.82 Å². The molecule has 1 unspecified atom stereocenters. The van der Waals surface area contributed by atoms with E-state index in [9.17, 15) is 4.57 Å². The molecule has 0 aromatic rings. The van der Waals surface area contributed by atoms with Crippen LogP contribution in [0.15, 0.2) is 0 Å². The van der Waals surface area contributed by atoms with Crippen molar-refractivity contribution in [1.29, 1.82) is 0 Å². The molecule has 0 fully saturated rings. The molecule has 5 nitrogen and oxygen atoms in total. The molecular formula is C25H53O5PS. The van der Waals surface area contributed by atoms with E-state index >= 15 is 0 Å². The van der Waals surface area contributed by atoms with Gasteiger partial charge in [-0.15, -0.1) is 0 Å². The predicted octanol–water partition coefficient (Wildman–Crippen LogP) is 8.27. The lowest BCUT2D eigenvalue weighted by molar-refractivity contribution is 0.0521. The second-order valence-electron chi connectivity index (χ2n) is 9.05. The van der Waals surface area contributed by atoms with Gasteiger partial charge in [0.25, 0.3) is 0 Å². The molecule has 0 radical (unpaired) electrons. The summed E-state index contributed by atoms with van der Waals surface area (Å²) in [5.41, 5.74) is 0. The molecule has 0 bridgehead atoms. The number of ether oxygens (including phenoxy) is 1. The Morgan fingerprint density at radius 3 is 1.75 bits per heavy atom. The summed E-state index contributed by atoms with van der Waals surface area (Å²) in [6, 6.07) is 0. The molecule has 2 atom stereocenters. The fourth-order valence-corrected chi connectivity index (χ4v) is 5.57. The average molecular weight is 497 g/mol. The summed E-state index contributed by atoms with van der Waals surface area (Å²) in [5.74, 6) is 1.20. The minimum absolute atomic E-state index is 0.0322. The summed E-state index contributed by atoms with van der Waals surface area (Å²) in [4.78, 5) is 17.5. The number of phosphoric acid groups is 1. The van der Waals surface area contributed by atoms with Crippen LogP contribution >= 0.6 is 19.6 Å². The Balaban J connectivity index is 4.00. The molecule has 0 amide bonds. The first kappa shape index (κ1) is 32.4. The van der Waals surface area contributed by atoms with Crippen LogP contribution in [0.2, 0.25) is 0 Å². The number of unbranched alkanes of at least 4 members (excludes halogenated alkanes) is 13. The maximum atomic E-state index is 10.7. The van der Waals surface area contributed by atoms with Gasteiger partial charge in [-0.25, -0.2) is 4.57 Å². The molecule has 0 rings (SSSR count). The molecule has 0 saturated heterocycles. The predicted molar refractivity (Wildman–Crippen MR) is 139 cm³/mol. The number of rotatable bonds is 25. The van der Waals surface area contributed by atoms with E-state index in [1.807, 2.05) is 0 Å². The van der Waals surface area contributed by atoms with Crippen molar-refractivity contribution in [2.45, 2.75) is 141 Å². The van der Waals surface area contributed by atoms with E-state index in [0.717, 1.165) is 0 Å². The van der Waals surface area contributed by atoms with Crippen molar-refractivity contribution in [1.82, 2.24) is 0 Å². The summed E-state index contributed by atoms with van der Waals surface area (Å²) in [6.45, 7) is 7.17. The van der Waals surface area contributed by atoms with Gasteiger partial charge in [0.05, 0.1) is 12.7 Å². The van der Waals surface area contributed by atoms with Gasteiger partial charge in [-0.1, -0.05) is 104 Å². The molecule has 2 N–H and O–H groups in total. The molecular weight excluding hydrogens is 443 g/mol. The Labute approximate surface area is 203 Å². The van der Waals surface area contributed by atoms with Crippen molar-refractivity contribution in [3.63, 3.8) is 0 Å². The first-order valence-corrected chi connectivity index (χ1v) is 15.9. The molecule has 0 aromatic carbocycles. The van der Waals surface area contributed by atoms with Crippen LogP contribution in [0.4, 0.5) is 0 Å². The van der Waals surface area contributed by atoms with Gasteiger partial charge in [-0.2, -0.15) is 11.8 Å². The van der Waals surface area contributed by atoms with Crippen LogP contribution in [0.25, 0.3) is 0 Å². The summed E-state index contributed by atoms with van der Waals surface area (Å²) < 4.78 is 21.2. The Hall–Kier alpha value is 0.420. The molecule has 0 aromatic heterocycles. The lowest BCUT2D eigenvalue weighted by Gasteiger charge is -2.24. The van der Waals surface area contributed by atoms with Crippen molar-refractivity contribution in [2.75, 3.05) is 19.0 Å². The smallest absolute Gasteiger partial charge is 0.377 e. The van der Waals surface area contributed by atoms with Crippen molar-refractivity contribution >= 4 is 19.6 Å². The summed E-state index contributed by atoms with van der Waals surface area (Å²) >= 11 is 2.06. The number of hydrogen-bond donors (Lipinski definition) is 2. The van der Waals surface area contributed by atoms with E-state index in [4.69, 9.17) is 14.5 Å². The summed E-state index contributed by atoms with van der Waals surface area (Å²) in [7, 11) is -4.37. The van der Waals surface area contributed by atoms with Gasteiger partial charge in [0.2, 0.25) is 0 Å². The van der Waals surface area contributed by atoms with Gasteiger partial charge in [0.15, 0.2) is 0 Å². The Kier molecular flexibility index (Phi) is 23.5. The minimum Gasteiger partial charge on any atom is -0.377 e. The zero-order valence-electron chi connectivity index (χ0n) is 21.3. The molecule has 32 heavy (non-hydrogen) atoms. The lowest BCUT2D eigenvalue weighted by atomic mass is 10.1. The molecule has 0 aliphatic carbocycles. The minimum atomic E-state index is -4.37. The Bertz CT molecular complexity index is 433. The van der Waals surface area contributed by atoms with Crippen molar-refractivity contribution in [2.24, 2.45) is 0 Å². The van der Waals surface area contributed by atoms with E-state index in [1.54, 1.807) is 0 Å². The van der Waals surface area contributed by atoms with Crippen LogP contribution in [0, 0.1) is 0 Å². The van der Waals surface area contributed by atoms with Crippen molar-refractivity contribution < 1.29 is 23.6 Å². The Morgan fingerprint density at radius 1 is 0.719 bits per heavy atom. The third kappa shape index (κ3) is 23.6. The zero-order chi connectivity index (χ0) is 23.9. The summed E-state index contributed by atoms with van der Waals surface area (Å²) in [5, 5.41) is 0.498. The van der Waals surface area contributed by atoms with E-state index in [2.05, 4.69) is 37.1 Å². The SMILES string of the molecule is CCCCCCCCCCCCSC(CCCCCCC)[C@H](C)OCCCOP(=O)(O)O. The molecule has 0 heterocycles. The zero-order valence-corrected chi connectivity index (χ0v) is 23.0. The second kappa shape index (κ2) is 23.2. The number of hydrogen-bond acceptors (Lipinski definition) is 4. The highest BCUT2D eigenvalue weighted by Gasteiger charge is 2.18. The van der Waals surface area contributed by atoms with Gasteiger partial charge in [-0.05, 0) is 31.9 Å². The Morgan fingerprint density at radius 2 is 1.22 bits per heavy atom. The van der Waals surface area contributed by atoms with Crippen LogP contribution < -0.4 is 0 Å². The van der Waals surface area contributed by atoms with Crippen molar-refractivity contribution in [3.05, 3.63) is 0 Å². The molecule has 0 saturated carbocycles. The second-order valence-corrected chi connectivity index (χ2v) is 11.6. The van der Waals surface area contributed by atoms with Crippen LogP contribution in [-0.2, 0) is 13.8 Å². The third-order valence-corrected chi connectivity index (χ3v) is 7.96. The first-order valence-electron chi connectivity index (χ1n) is 13.3. The van der Waals surface area contributed by atoms with Gasteiger partial charge in [0.1, 0.15) is 0 Å². The molecule has 194 valence electrons. The van der Waals surface area contributed by atoms with E-state index in [-0.39, 0.29) is 12.7 Å². The molecule has 0 aliphatic rings. The largest absolute Gasteiger partial charge is 0.469 e. The van der Waals surface area contributed by atoms with E-state index < -0.39 is 7.82 Å². The third-order valence-electron chi connectivity index (χ3n) is 5.87. The number of phosphoric ester groups is 1. The van der Waals surface area contributed by atoms with Crippen LogP contribution in [-0.4, -0.2) is 40.1 Å². The molecule has 0 aliphatic heterocycles. The fraction of sp³-hybridized carbons (Fsp3) is 1.00. The van der Waals surface area contributed by atoms with Gasteiger partial charge in [0, 0.05) is 11.9 Å². The highest BCUT2D eigenvalue weighted by atomic mass is 32.2. The average Bonchev–Trinajstić information content (AvgIpc) is 2.74. The lowest BCUT2D eigenvalue weighted by Crippen LogP contribution is -2.24. The van der Waals surface area contributed by atoms with Crippen LogP contribution in [0.5, 0.6) is 0 Å². The van der Waals surface area contributed by atoms with Gasteiger partial charge in [-0.3, -0.25) is 4.52 Å². The maximum absolute atomic E-state index is 10.7. The summed E-state index contributed by atoms with van der Waals surface area (Å²) in [6.07, 6.45) is 22.0. The topological polar surface area (TPSA) is 76.0 Å². The molecule has 0 spiro atoms. The monoisotopic (exact) mass is 496 g/mol. The van der Waals surface area contributed by atoms with Gasteiger partial charge < -0.3 is 14.5 Å². The van der Waals surface area contributed by atoms with E-state index in [0.29, 0.717) is 18.3 Å². The maximum Gasteiger partial charge on any atom is 0.469 e. The van der Waals surface area contributed by atoms with Crippen LogP contribution in [0.3, 0.4) is 0 Å².